The molecule has 0 aromatic carbocycles. The van der Waals surface area contributed by atoms with Gasteiger partial charge in [0.05, 0.1) is 6.61 Å². The lowest BCUT2D eigenvalue weighted by Gasteiger charge is -2.18. The van der Waals surface area contributed by atoms with Gasteiger partial charge in [-0.3, -0.25) is 14.3 Å². The molecule has 7 nitrogen and oxygen atoms in total. The van der Waals surface area contributed by atoms with Crippen molar-refractivity contribution in [3.63, 3.8) is 0 Å². The van der Waals surface area contributed by atoms with Crippen molar-refractivity contribution in [3.05, 3.63) is 33.1 Å². The van der Waals surface area contributed by atoms with Gasteiger partial charge >= 0.3 is 11.6 Å². The number of aliphatic hydroxyl groups is 2. The second-order valence-electron chi connectivity index (χ2n) is 3.83. The van der Waals surface area contributed by atoms with E-state index in [9.17, 15) is 23.5 Å². The normalized spacial score (nSPS) is 30.6. The molecule has 0 radical (unpaired) electrons. The van der Waals surface area contributed by atoms with E-state index in [2.05, 4.69) is 0 Å². The Kier molecular flexibility index (Phi) is 3.05. The summed E-state index contributed by atoms with van der Waals surface area (Å²) in [5.74, 6) is -3.69. The molecule has 3 atom stereocenters. The molecule has 9 heteroatoms. The second-order valence-corrected chi connectivity index (χ2v) is 3.83. The van der Waals surface area contributed by atoms with Crippen LogP contribution in [0.1, 0.15) is 6.23 Å². The molecule has 0 saturated carbocycles. The summed E-state index contributed by atoms with van der Waals surface area (Å²) < 4.78 is 32.2. The van der Waals surface area contributed by atoms with Crippen molar-refractivity contribution in [1.82, 2.24) is 9.55 Å². The highest BCUT2D eigenvalue weighted by Gasteiger charge is 2.58. The minimum atomic E-state index is -3.69. The maximum atomic E-state index is 13.4. The molecule has 0 aliphatic carbocycles. The number of nitrogens with one attached hydrogen (secondary N) is 1. The van der Waals surface area contributed by atoms with E-state index in [-0.39, 0.29) is 0 Å². The molecule has 2 heterocycles. The Bertz CT molecular complexity index is 554. The molecular formula is C9H10F2N2O5. The molecule has 1 fully saturated rings. The largest absolute Gasteiger partial charge is 0.393 e. The lowest BCUT2D eigenvalue weighted by atomic mass is 10.1. The van der Waals surface area contributed by atoms with Crippen LogP contribution in [0.3, 0.4) is 0 Å². The van der Waals surface area contributed by atoms with Gasteiger partial charge in [0, 0.05) is 12.3 Å². The molecule has 1 aromatic heterocycles. The van der Waals surface area contributed by atoms with Crippen LogP contribution in [0.5, 0.6) is 0 Å². The van der Waals surface area contributed by atoms with Gasteiger partial charge < -0.3 is 14.9 Å². The molecule has 0 spiro atoms. The highest BCUT2D eigenvalue weighted by atomic mass is 19.3. The van der Waals surface area contributed by atoms with Crippen LogP contribution in [0.2, 0.25) is 0 Å². The molecular weight excluding hydrogens is 254 g/mol. The molecule has 2 rings (SSSR count). The van der Waals surface area contributed by atoms with Gasteiger partial charge in [0.1, 0.15) is 6.10 Å². The van der Waals surface area contributed by atoms with Crippen molar-refractivity contribution >= 4 is 0 Å². The number of hydrogen-bond donors (Lipinski definition) is 3. The molecule has 1 aliphatic heterocycles. The predicted molar refractivity (Wildman–Crippen MR) is 53.3 cm³/mol. The molecule has 3 N–H and O–H groups in total. The van der Waals surface area contributed by atoms with Crippen molar-refractivity contribution in [1.29, 1.82) is 0 Å². The van der Waals surface area contributed by atoms with E-state index in [0.717, 1.165) is 12.3 Å². The number of aliphatic hydroxyl groups excluding tert-OH is 2. The van der Waals surface area contributed by atoms with Gasteiger partial charge in [0.2, 0.25) is 0 Å². The van der Waals surface area contributed by atoms with E-state index >= 15 is 0 Å². The first-order valence-corrected chi connectivity index (χ1v) is 5.01. The highest BCUT2D eigenvalue weighted by Crippen LogP contribution is 2.40. The Morgan fingerprint density at radius 1 is 1.50 bits per heavy atom. The van der Waals surface area contributed by atoms with Gasteiger partial charge in [0.25, 0.3) is 5.56 Å². The minimum absolute atomic E-state index is 0.635. The molecule has 100 valence electrons. The highest BCUT2D eigenvalue weighted by molar-refractivity contribution is 4.97. The van der Waals surface area contributed by atoms with Crippen molar-refractivity contribution in [2.75, 3.05) is 6.61 Å². The maximum absolute atomic E-state index is 13.4. The number of halogens is 2. The molecule has 18 heavy (non-hydrogen) atoms. The second kappa shape index (κ2) is 4.26. The third-order valence-corrected chi connectivity index (χ3v) is 2.69. The first-order valence-electron chi connectivity index (χ1n) is 5.01. The fourth-order valence-electron chi connectivity index (χ4n) is 1.72. The number of nitrogens with zero attached hydrogens (tertiary/aromatic N) is 1. The van der Waals surface area contributed by atoms with Gasteiger partial charge in [-0.25, -0.2) is 13.6 Å². The summed E-state index contributed by atoms with van der Waals surface area (Å²) in [4.78, 5) is 24.1. The monoisotopic (exact) mass is 264 g/mol. The number of aromatic nitrogens is 2. The third-order valence-electron chi connectivity index (χ3n) is 2.69. The zero-order chi connectivity index (χ0) is 13.5. The van der Waals surface area contributed by atoms with E-state index in [1.807, 2.05) is 4.98 Å². The molecule has 0 unspecified atom stereocenters. The smallest absolute Gasteiger partial charge is 0.330 e. The zero-order valence-electron chi connectivity index (χ0n) is 8.92. The average Bonchev–Trinajstić information content (AvgIpc) is 2.52. The summed E-state index contributed by atoms with van der Waals surface area (Å²) in [7, 11) is 0. The summed E-state index contributed by atoms with van der Waals surface area (Å²) in [6.45, 7) is -1.00. The standard InChI is InChI=1S/C9H10F2N2O5/c10-9(11)4(3-14)18-7(6(9)16)13-2-1-5(15)12-8(13)17/h1-2,4,6-7,14,16H,3H2,(H,12,15,17)/t4-,6+,7-/m1/s1. The lowest BCUT2D eigenvalue weighted by Crippen LogP contribution is -2.42. The molecule has 0 bridgehead atoms. The van der Waals surface area contributed by atoms with Crippen molar-refractivity contribution < 1.29 is 23.7 Å². The van der Waals surface area contributed by atoms with E-state index in [1.165, 1.54) is 0 Å². The number of alkyl halides is 2. The van der Waals surface area contributed by atoms with Crippen LogP contribution in [0.25, 0.3) is 0 Å². The average molecular weight is 264 g/mol. The van der Waals surface area contributed by atoms with E-state index in [0.29, 0.717) is 4.57 Å². The van der Waals surface area contributed by atoms with Crippen LogP contribution in [-0.2, 0) is 4.74 Å². The van der Waals surface area contributed by atoms with Crippen molar-refractivity contribution in [3.8, 4) is 0 Å². The van der Waals surface area contributed by atoms with Crippen molar-refractivity contribution in [2.45, 2.75) is 24.4 Å². The van der Waals surface area contributed by atoms with E-state index in [4.69, 9.17) is 9.84 Å². The molecule has 0 amide bonds. The predicted octanol–water partition coefficient (Wildman–Crippen LogP) is -1.58. The summed E-state index contributed by atoms with van der Waals surface area (Å²) >= 11 is 0. The Balaban J connectivity index is 2.41. The fourth-order valence-corrected chi connectivity index (χ4v) is 1.72. The molecule has 1 saturated heterocycles. The fraction of sp³-hybridized carbons (Fsp3) is 0.556. The Labute approximate surface area is 98.3 Å². The van der Waals surface area contributed by atoms with Crippen LogP contribution in [-0.4, -0.2) is 44.5 Å². The number of rotatable bonds is 2. The van der Waals surface area contributed by atoms with Gasteiger partial charge in [-0.1, -0.05) is 0 Å². The summed E-state index contributed by atoms with van der Waals surface area (Å²) in [5.41, 5.74) is -1.69. The van der Waals surface area contributed by atoms with Crippen LogP contribution < -0.4 is 11.2 Å². The van der Waals surface area contributed by atoms with Crippen molar-refractivity contribution in [2.24, 2.45) is 0 Å². The number of H-pyrrole nitrogens is 1. The molecule has 1 aliphatic rings. The molecule has 1 aromatic rings. The first-order chi connectivity index (χ1) is 8.37. The Morgan fingerprint density at radius 2 is 2.17 bits per heavy atom. The number of hydrogen-bond acceptors (Lipinski definition) is 5. The van der Waals surface area contributed by atoms with Crippen LogP contribution in [0.4, 0.5) is 8.78 Å². The number of aromatic amines is 1. The van der Waals surface area contributed by atoms with E-state index < -0.39 is 42.2 Å². The first kappa shape index (κ1) is 12.9. The van der Waals surface area contributed by atoms with E-state index in [1.54, 1.807) is 0 Å². The van der Waals surface area contributed by atoms with Crippen LogP contribution >= 0.6 is 0 Å². The minimum Gasteiger partial charge on any atom is -0.393 e. The summed E-state index contributed by atoms with van der Waals surface area (Å²) in [6, 6.07) is 0.932. The Morgan fingerprint density at radius 3 is 2.67 bits per heavy atom. The van der Waals surface area contributed by atoms with Gasteiger partial charge in [-0.2, -0.15) is 0 Å². The van der Waals surface area contributed by atoms with Gasteiger partial charge in [-0.05, 0) is 0 Å². The van der Waals surface area contributed by atoms with Crippen LogP contribution in [0, 0.1) is 0 Å². The summed E-state index contributed by atoms with van der Waals surface area (Å²) in [5, 5.41) is 18.2. The Hall–Kier alpha value is -1.58. The lowest BCUT2D eigenvalue weighted by molar-refractivity contribution is -0.123. The third kappa shape index (κ3) is 1.85. The van der Waals surface area contributed by atoms with Gasteiger partial charge in [0.15, 0.2) is 12.3 Å². The van der Waals surface area contributed by atoms with Gasteiger partial charge in [-0.15, -0.1) is 0 Å². The number of ether oxygens (including phenoxy) is 1. The quantitative estimate of drug-likeness (QED) is 0.598. The summed E-state index contributed by atoms with van der Waals surface area (Å²) in [6.07, 6.45) is -4.93. The maximum Gasteiger partial charge on any atom is 0.330 e. The van der Waals surface area contributed by atoms with Crippen LogP contribution in [0.15, 0.2) is 21.9 Å². The topological polar surface area (TPSA) is 105 Å². The SMILES string of the molecule is O=c1ccn([C@@H]2O[C@H](CO)C(F)(F)[C@H]2O)c(=O)[nH]1. The zero-order valence-corrected chi connectivity index (χ0v) is 8.92.